The van der Waals surface area contributed by atoms with Crippen molar-refractivity contribution < 1.29 is 14.3 Å². The van der Waals surface area contributed by atoms with Crippen LogP contribution in [0, 0.1) is 6.92 Å². The molecule has 0 spiro atoms. The number of benzene rings is 2. The Bertz CT molecular complexity index is 946. The van der Waals surface area contributed by atoms with Crippen molar-refractivity contribution in [3.63, 3.8) is 0 Å². The predicted octanol–water partition coefficient (Wildman–Crippen LogP) is 4.29. The number of hydrogen-bond donors (Lipinski definition) is 2. The molecule has 0 bridgehead atoms. The second-order valence-corrected chi connectivity index (χ2v) is 8.01. The van der Waals surface area contributed by atoms with Crippen molar-refractivity contribution >= 4 is 35.0 Å². The third kappa shape index (κ3) is 4.70. The molecule has 6 nitrogen and oxygen atoms in total. The van der Waals surface area contributed by atoms with Crippen molar-refractivity contribution in [3.05, 3.63) is 64.2 Å². The third-order valence-electron chi connectivity index (χ3n) is 3.97. The molecule has 2 aromatic carbocycles. The van der Waals surface area contributed by atoms with Crippen LogP contribution >= 0.6 is 11.6 Å². The Kier molecular flexibility index (Phi) is 5.42. The van der Waals surface area contributed by atoms with Gasteiger partial charge >= 0.3 is 6.09 Å². The van der Waals surface area contributed by atoms with E-state index in [1.54, 1.807) is 32.9 Å². The molecule has 0 saturated carbocycles. The number of hydrogen-bond acceptors (Lipinski definition) is 4. The van der Waals surface area contributed by atoms with Crippen molar-refractivity contribution in [2.75, 3.05) is 5.32 Å². The first kappa shape index (κ1) is 19.9. The van der Waals surface area contributed by atoms with Gasteiger partial charge in [-0.05, 0) is 52.0 Å². The second-order valence-electron chi connectivity index (χ2n) is 7.57. The number of ether oxygens (including phenoxy) is 1. The maximum atomic E-state index is 12.7. The summed E-state index contributed by atoms with van der Waals surface area (Å²) in [4.78, 5) is 29.4. The van der Waals surface area contributed by atoms with E-state index < -0.39 is 23.8 Å². The summed E-state index contributed by atoms with van der Waals surface area (Å²) in [6.45, 7) is 7.21. The molecular formula is C21H22ClN3O3. The Morgan fingerprint density at radius 3 is 2.50 bits per heavy atom. The van der Waals surface area contributed by atoms with Gasteiger partial charge in [-0.25, -0.2) is 9.79 Å². The van der Waals surface area contributed by atoms with Gasteiger partial charge in [0.05, 0.1) is 11.4 Å². The molecule has 146 valence electrons. The number of anilines is 1. The lowest BCUT2D eigenvalue weighted by molar-refractivity contribution is -0.118. The summed E-state index contributed by atoms with van der Waals surface area (Å²) in [6.07, 6.45) is -1.85. The van der Waals surface area contributed by atoms with Gasteiger partial charge in [-0.3, -0.25) is 10.1 Å². The van der Waals surface area contributed by atoms with Gasteiger partial charge in [-0.1, -0.05) is 35.4 Å². The lowest BCUT2D eigenvalue weighted by Crippen LogP contribution is -2.44. The van der Waals surface area contributed by atoms with Gasteiger partial charge in [-0.15, -0.1) is 0 Å². The average molecular weight is 400 g/mol. The van der Waals surface area contributed by atoms with E-state index in [4.69, 9.17) is 16.3 Å². The smallest absolute Gasteiger partial charge is 0.409 e. The molecule has 1 heterocycles. The minimum Gasteiger partial charge on any atom is -0.444 e. The summed E-state index contributed by atoms with van der Waals surface area (Å²) in [5.41, 5.74) is 3.09. The van der Waals surface area contributed by atoms with Gasteiger partial charge < -0.3 is 10.1 Å². The van der Waals surface area contributed by atoms with Crippen molar-refractivity contribution in [2.45, 2.75) is 39.5 Å². The fraction of sp³-hybridized carbons (Fsp3) is 0.286. The van der Waals surface area contributed by atoms with Crippen molar-refractivity contribution in [3.8, 4) is 0 Å². The summed E-state index contributed by atoms with van der Waals surface area (Å²) in [6, 6.07) is 12.8. The molecule has 0 aromatic heterocycles. The predicted molar refractivity (Wildman–Crippen MR) is 110 cm³/mol. The van der Waals surface area contributed by atoms with Gasteiger partial charge in [0.2, 0.25) is 6.17 Å². The Morgan fingerprint density at radius 1 is 1.18 bits per heavy atom. The van der Waals surface area contributed by atoms with Crippen LogP contribution in [0.2, 0.25) is 5.02 Å². The first-order chi connectivity index (χ1) is 13.1. The van der Waals surface area contributed by atoms with E-state index in [0.717, 1.165) is 16.7 Å². The fourth-order valence-corrected chi connectivity index (χ4v) is 2.90. The molecule has 2 N–H and O–H groups in total. The Balaban J connectivity index is 2.04. The third-order valence-corrected chi connectivity index (χ3v) is 4.22. The van der Waals surface area contributed by atoms with E-state index in [9.17, 15) is 9.59 Å². The molecule has 28 heavy (non-hydrogen) atoms. The van der Waals surface area contributed by atoms with E-state index in [-0.39, 0.29) is 0 Å². The maximum absolute atomic E-state index is 12.7. The molecular weight excluding hydrogens is 378 g/mol. The van der Waals surface area contributed by atoms with E-state index in [1.165, 1.54) is 0 Å². The van der Waals surface area contributed by atoms with Crippen LogP contribution < -0.4 is 10.6 Å². The number of nitrogens with one attached hydrogen (secondary N) is 2. The summed E-state index contributed by atoms with van der Waals surface area (Å²) in [5, 5.41) is 5.97. The minimum atomic E-state index is -1.13. The molecule has 1 unspecified atom stereocenters. The molecule has 0 fully saturated rings. The van der Waals surface area contributed by atoms with E-state index >= 15 is 0 Å². The number of carbonyl (C=O) groups excluding carboxylic acids is 2. The topological polar surface area (TPSA) is 79.8 Å². The molecule has 1 atom stereocenters. The van der Waals surface area contributed by atoms with Crippen LogP contribution in [0.4, 0.5) is 10.5 Å². The van der Waals surface area contributed by atoms with Crippen LogP contribution in [-0.2, 0) is 9.53 Å². The summed E-state index contributed by atoms with van der Waals surface area (Å²) < 4.78 is 5.27. The van der Waals surface area contributed by atoms with Crippen LogP contribution in [-0.4, -0.2) is 29.5 Å². The average Bonchev–Trinajstić information content (AvgIpc) is 2.71. The Labute approximate surface area is 169 Å². The van der Waals surface area contributed by atoms with Crippen molar-refractivity contribution in [1.82, 2.24) is 5.32 Å². The zero-order valence-electron chi connectivity index (χ0n) is 16.2. The van der Waals surface area contributed by atoms with Crippen LogP contribution in [0.1, 0.15) is 37.5 Å². The molecule has 1 aliphatic heterocycles. The molecule has 2 amide bonds. The highest BCUT2D eigenvalue weighted by Gasteiger charge is 2.29. The van der Waals surface area contributed by atoms with Crippen LogP contribution in [0.3, 0.4) is 0 Å². The zero-order chi connectivity index (χ0) is 20.5. The lowest BCUT2D eigenvalue weighted by atomic mass is 9.99. The van der Waals surface area contributed by atoms with Crippen molar-refractivity contribution in [2.24, 2.45) is 4.99 Å². The molecule has 3 rings (SSSR count). The molecule has 1 aliphatic rings. The molecule has 0 radical (unpaired) electrons. The number of rotatable bonds is 2. The SMILES string of the molecule is Cc1ccc2c(c1)C(c1ccc(Cl)cc1)=NC(NC(=O)OC(C)(C)C)C(=O)N2. The van der Waals surface area contributed by atoms with Crippen LogP contribution in [0.15, 0.2) is 47.5 Å². The number of alkyl carbamates (subject to hydrolysis) is 1. The van der Waals surface area contributed by atoms with Crippen molar-refractivity contribution in [1.29, 1.82) is 0 Å². The normalized spacial score (nSPS) is 16.4. The summed E-state index contributed by atoms with van der Waals surface area (Å²) in [5.74, 6) is -0.445. The van der Waals surface area contributed by atoms with Crippen LogP contribution in [0.25, 0.3) is 0 Å². The number of aryl methyl sites for hydroxylation is 1. The number of halogens is 1. The highest BCUT2D eigenvalue weighted by Crippen LogP contribution is 2.26. The molecule has 7 heteroatoms. The highest BCUT2D eigenvalue weighted by molar-refractivity contribution is 6.30. The Morgan fingerprint density at radius 2 is 1.86 bits per heavy atom. The lowest BCUT2D eigenvalue weighted by Gasteiger charge is -2.21. The van der Waals surface area contributed by atoms with E-state index in [0.29, 0.717) is 16.4 Å². The monoisotopic (exact) mass is 399 g/mol. The Hall–Kier alpha value is -2.86. The molecule has 0 saturated heterocycles. The summed E-state index contributed by atoms with van der Waals surface area (Å²) >= 11 is 6.01. The minimum absolute atomic E-state index is 0.445. The van der Waals surface area contributed by atoms with Gasteiger partial charge in [-0.2, -0.15) is 0 Å². The number of fused-ring (bicyclic) bond motifs is 1. The first-order valence-electron chi connectivity index (χ1n) is 8.87. The second kappa shape index (κ2) is 7.64. The largest absolute Gasteiger partial charge is 0.444 e. The standard InChI is InChI=1S/C21H22ClN3O3/c1-12-5-10-16-15(11-12)17(13-6-8-14(22)9-7-13)24-18(19(26)23-16)25-20(27)28-21(2,3)4/h5-11,18H,1-4H3,(H,23,26)(H,25,27). The van der Waals surface area contributed by atoms with E-state index in [1.807, 2.05) is 37.3 Å². The number of amides is 2. The summed E-state index contributed by atoms with van der Waals surface area (Å²) in [7, 11) is 0. The van der Waals surface area contributed by atoms with Crippen LogP contribution in [0.5, 0.6) is 0 Å². The van der Waals surface area contributed by atoms with Gasteiger partial charge in [0.1, 0.15) is 5.60 Å². The number of benzodiazepines with no additional fused rings is 1. The number of carbonyl (C=O) groups is 2. The zero-order valence-corrected chi connectivity index (χ0v) is 16.9. The van der Waals surface area contributed by atoms with E-state index in [2.05, 4.69) is 15.6 Å². The maximum Gasteiger partial charge on any atom is 0.409 e. The number of nitrogens with zero attached hydrogens (tertiary/aromatic N) is 1. The first-order valence-corrected chi connectivity index (χ1v) is 9.25. The number of aliphatic imine (C=N–C) groups is 1. The molecule has 0 aliphatic carbocycles. The van der Waals surface area contributed by atoms with Gasteiger partial charge in [0.25, 0.3) is 5.91 Å². The van der Waals surface area contributed by atoms with Gasteiger partial charge in [0.15, 0.2) is 0 Å². The quantitative estimate of drug-likeness (QED) is 0.790. The molecule has 2 aromatic rings. The van der Waals surface area contributed by atoms with Gasteiger partial charge in [0, 0.05) is 16.1 Å². The highest BCUT2D eigenvalue weighted by atomic mass is 35.5. The fourth-order valence-electron chi connectivity index (χ4n) is 2.78.